The number of fused-ring (bicyclic) bond motifs is 1. The van der Waals surface area contributed by atoms with Gasteiger partial charge in [-0.2, -0.15) is 0 Å². The van der Waals surface area contributed by atoms with Crippen LogP contribution < -0.4 is 10.3 Å². The van der Waals surface area contributed by atoms with E-state index in [2.05, 4.69) is 6.58 Å². The molecular formula is C19H16FNO2. The lowest BCUT2D eigenvalue weighted by molar-refractivity contribution is 0.413. The van der Waals surface area contributed by atoms with Crippen molar-refractivity contribution in [1.82, 2.24) is 4.57 Å². The molecule has 0 aliphatic carbocycles. The Kier molecular flexibility index (Phi) is 3.74. The maximum Gasteiger partial charge on any atom is 0.263 e. The van der Waals surface area contributed by atoms with Crippen molar-refractivity contribution in [2.75, 3.05) is 7.11 Å². The van der Waals surface area contributed by atoms with E-state index in [0.717, 1.165) is 16.5 Å². The summed E-state index contributed by atoms with van der Waals surface area (Å²) in [4.78, 5) is 12.8. The molecule has 0 atom stereocenters. The minimum absolute atomic E-state index is 0.155. The maximum absolute atomic E-state index is 14.3. The molecule has 0 aliphatic heterocycles. The van der Waals surface area contributed by atoms with E-state index in [1.807, 2.05) is 19.1 Å². The topological polar surface area (TPSA) is 31.2 Å². The Bertz CT molecular complexity index is 973. The minimum atomic E-state index is -0.490. The molecule has 0 unspecified atom stereocenters. The van der Waals surface area contributed by atoms with Gasteiger partial charge in [-0.15, -0.1) is 0 Å². The molecule has 2 aromatic carbocycles. The molecule has 0 N–H and O–H groups in total. The van der Waals surface area contributed by atoms with Crippen molar-refractivity contribution in [1.29, 1.82) is 0 Å². The van der Waals surface area contributed by atoms with Crippen LogP contribution in [-0.2, 0) is 0 Å². The highest BCUT2D eigenvalue weighted by Gasteiger charge is 2.13. The first-order valence-corrected chi connectivity index (χ1v) is 7.17. The second-order valence-corrected chi connectivity index (χ2v) is 5.36. The van der Waals surface area contributed by atoms with Gasteiger partial charge >= 0.3 is 0 Å². The normalized spacial score (nSPS) is 10.7. The van der Waals surface area contributed by atoms with Crippen molar-refractivity contribution in [2.24, 2.45) is 0 Å². The van der Waals surface area contributed by atoms with Crippen LogP contribution in [0.2, 0.25) is 0 Å². The minimum Gasteiger partial charge on any atom is -0.497 e. The van der Waals surface area contributed by atoms with Gasteiger partial charge in [-0.1, -0.05) is 24.8 Å². The van der Waals surface area contributed by atoms with Crippen molar-refractivity contribution in [3.63, 3.8) is 0 Å². The number of aromatic nitrogens is 1. The lowest BCUT2D eigenvalue weighted by Crippen LogP contribution is -2.20. The summed E-state index contributed by atoms with van der Waals surface area (Å²) in [5.41, 5.74) is 1.49. The van der Waals surface area contributed by atoms with Gasteiger partial charge in [0.25, 0.3) is 5.56 Å². The van der Waals surface area contributed by atoms with Crippen LogP contribution in [0.15, 0.2) is 60.0 Å². The van der Waals surface area contributed by atoms with Crippen LogP contribution in [0.5, 0.6) is 5.75 Å². The number of allylic oxidation sites excluding steroid dienone is 1. The van der Waals surface area contributed by atoms with E-state index in [-0.39, 0.29) is 11.2 Å². The monoisotopic (exact) mass is 309 g/mol. The molecule has 1 aromatic heterocycles. The molecule has 0 aliphatic rings. The van der Waals surface area contributed by atoms with Crippen molar-refractivity contribution in [2.45, 2.75) is 6.92 Å². The molecule has 0 fully saturated rings. The molecule has 23 heavy (non-hydrogen) atoms. The molecule has 0 amide bonds. The van der Waals surface area contributed by atoms with E-state index in [9.17, 15) is 9.18 Å². The molecule has 116 valence electrons. The zero-order valence-electron chi connectivity index (χ0n) is 13.0. The third-order valence-electron chi connectivity index (χ3n) is 3.80. The lowest BCUT2D eigenvalue weighted by atomic mass is 10.0. The summed E-state index contributed by atoms with van der Waals surface area (Å²) >= 11 is 0. The summed E-state index contributed by atoms with van der Waals surface area (Å²) in [6.07, 6.45) is 1.63. The zero-order chi connectivity index (χ0) is 16.6. The number of ether oxygens (including phenoxy) is 1. The largest absolute Gasteiger partial charge is 0.497 e. The van der Waals surface area contributed by atoms with Gasteiger partial charge in [-0.3, -0.25) is 9.36 Å². The zero-order valence-corrected chi connectivity index (χ0v) is 13.0. The molecule has 0 bridgehead atoms. The standard InChI is InChI=1S/C19H16FNO2/c1-12(2)16-11-21(18-10-13(23-3)8-9-17(18)20)19(22)15-7-5-4-6-14(15)16/h4-11H,1H2,2-3H3. The van der Waals surface area contributed by atoms with Crippen molar-refractivity contribution in [3.8, 4) is 11.4 Å². The number of methoxy groups -OCH3 is 1. The number of halogens is 1. The van der Waals surface area contributed by atoms with E-state index >= 15 is 0 Å². The number of nitrogens with zero attached hydrogens (tertiary/aromatic N) is 1. The van der Waals surface area contributed by atoms with E-state index in [1.54, 1.807) is 18.3 Å². The SMILES string of the molecule is C=C(C)c1cn(-c2cc(OC)ccc2F)c(=O)c2ccccc12. The summed E-state index contributed by atoms with van der Waals surface area (Å²) in [6.45, 7) is 5.82. The van der Waals surface area contributed by atoms with Gasteiger partial charge in [0.2, 0.25) is 0 Å². The molecule has 0 saturated carbocycles. The first-order valence-electron chi connectivity index (χ1n) is 7.17. The molecule has 0 spiro atoms. The van der Waals surface area contributed by atoms with Gasteiger partial charge in [0.1, 0.15) is 11.6 Å². The first kappa shape index (κ1) is 15.0. The first-order chi connectivity index (χ1) is 11.0. The maximum atomic E-state index is 14.3. The fourth-order valence-electron chi connectivity index (χ4n) is 2.61. The third kappa shape index (κ3) is 2.52. The average Bonchev–Trinajstić information content (AvgIpc) is 2.56. The molecule has 3 aromatic rings. The predicted octanol–water partition coefficient (Wildman–Crippen LogP) is 4.17. The van der Waals surface area contributed by atoms with Gasteiger partial charge in [0.05, 0.1) is 12.8 Å². The Labute approximate surface area is 133 Å². The number of rotatable bonds is 3. The van der Waals surface area contributed by atoms with E-state index in [0.29, 0.717) is 11.1 Å². The fraction of sp³-hybridized carbons (Fsp3) is 0.105. The van der Waals surface area contributed by atoms with Crippen LogP contribution >= 0.6 is 0 Å². The Morgan fingerprint density at radius 1 is 1.17 bits per heavy atom. The van der Waals surface area contributed by atoms with Crippen LogP contribution in [0.1, 0.15) is 12.5 Å². The van der Waals surface area contributed by atoms with Gasteiger partial charge in [0, 0.05) is 23.2 Å². The molecule has 0 saturated heterocycles. The quantitative estimate of drug-likeness (QED) is 0.727. The highest BCUT2D eigenvalue weighted by atomic mass is 19.1. The van der Waals surface area contributed by atoms with Crippen molar-refractivity contribution >= 4 is 16.3 Å². The Balaban J connectivity index is 2.41. The Morgan fingerprint density at radius 2 is 1.87 bits per heavy atom. The number of benzene rings is 2. The van der Waals surface area contributed by atoms with Gasteiger partial charge in [0.15, 0.2) is 0 Å². The molecular weight excluding hydrogens is 293 g/mol. The Morgan fingerprint density at radius 3 is 2.52 bits per heavy atom. The number of hydrogen-bond donors (Lipinski definition) is 0. The third-order valence-corrected chi connectivity index (χ3v) is 3.80. The summed E-state index contributed by atoms with van der Waals surface area (Å²) in [6, 6.07) is 11.6. The summed E-state index contributed by atoms with van der Waals surface area (Å²) in [5, 5.41) is 1.33. The van der Waals surface area contributed by atoms with Crippen LogP contribution in [-0.4, -0.2) is 11.7 Å². The second-order valence-electron chi connectivity index (χ2n) is 5.36. The Hall–Kier alpha value is -2.88. The summed E-state index contributed by atoms with van der Waals surface area (Å²) in [7, 11) is 1.50. The van der Waals surface area contributed by atoms with Gasteiger partial charge in [-0.05, 0) is 36.1 Å². The van der Waals surface area contributed by atoms with Crippen molar-refractivity contribution in [3.05, 3.63) is 77.0 Å². The summed E-state index contributed by atoms with van der Waals surface area (Å²) < 4.78 is 20.7. The molecule has 1 heterocycles. The predicted molar refractivity (Wildman–Crippen MR) is 90.8 cm³/mol. The molecule has 0 radical (unpaired) electrons. The van der Waals surface area contributed by atoms with Crippen molar-refractivity contribution < 1.29 is 9.13 Å². The second kappa shape index (κ2) is 5.72. The number of hydrogen-bond acceptors (Lipinski definition) is 2. The van der Waals surface area contributed by atoms with Crippen LogP contribution in [0.4, 0.5) is 4.39 Å². The highest BCUT2D eigenvalue weighted by Crippen LogP contribution is 2.25. The van der Waals surface area contributed by atoms with Crippen LogP contribution in [0.25, 0.3) is 22.0 Å². The molecule has 3 nitrogen and oxygen atoms in total. The average molecular weight is 309 g/mol. The van der Waals surface area contributed by atoms with E-state index < -0.39 is 5.82 Å². The molecule has 4 heteroatoms. The van der Waals surface area contributed by atoms with Gasteiger partial charge < -0.3 is 4.74 Å². The highest BCUT2D eigenvalue weighted by molar-refractivity contribution is 5.92. The summed E-state index contributed by atoms with van der Waals surface area (Å²) in [5.74, 6) is -0.00539. The van der Waals surface area contributed by atoms with Crippen LogP contribution in [0.3, 0.4) is 0 Å². The fourth-order valence-corrected chi connectivity index (χ4v) is 2.61. The van der Waals surface area contributed by atoms with E-state index in [1.165, 1.54) is 29.9 Å². The lowest BCUT2D eigenvalue weighted by Gasteiger charge is -2.14. The smallest absolute Gasteiger partial charge is 0.263 e. The van der Waals surface area contributed by atoms with Crippen LogP contribution in [0, 0.1) is 5.82 Å². The van der Waals surface area contributed by atoms with Gasteiger partial charge in [-0.25, -0.2) is 4.39 Å². The molecule has 3 rings (SSSR count). The number of pyridine rings is 1. The van der Waals surface area contributed by atoms with E-state index in [4.69, 9.17) is 4.74 Å².